The van der Waals surface area contributed by atoms with E-state index >= 15 is 0 Å². The fraction of sp³-hybridized carbons (Fsp3) is 0.188. The lowest BCUT2D eigenvalue weighted by Gasteiger charge is -2.11. The predicted octanol–water partition coefficient (Wildman–Crippen LogP) is 3.28. The number of rotatable bonds is 0. The maximum Gasteiger partial charge on any atom is 0.344 e. The highest BCUT2D eigenvalue weighted by molar-refractivity contribution is 6.08. The van der Waals surface area contributed by atoms with Crippen LogP contribution in [-0.4, -0.2) is 10.2 Å². The van der Waals surface area contributed by atoms with E-state index in [4.69, 9.17) is 4.42 Å². The number of phenolic OH excluding ortho intramolecular Hbond substituents is 2. The van der Waals surface area contributed by atoms with Crippen molar-refractivity contribution in [2.45, 2.75) is 20.8 Å². The van der Waals surface area contributed by atoms with E-state index in [2.05, 4.69) is 0 Å². The first-order chi connectivity index (χ1) is 9.41. The molecule has 3 rings (SSSR count). The maximum absolute atomic E-state index is 12.1. The number of benzene rings is 2. The molecule has 4 heteroatoms. The molecule has 0 bridgehead atoms. The summed E-state index contributed by atoms with van der Waals surface area (Å²) < 4.78 is 5.34. The lowest BCUT2D eigenvalue weighted by atomic mass is 9.98. The largest absolute Gasteiger partial charge is 0.508 e. The Bertz CT molecular complexity index is 920. The molecule has 102 valence electrons. The van der Waals surface area contributed by atoms with Crippen molar-refractivity contribution in [2.75, 3.05) is 0 Å². The van der Waals surface area contributed by atoms with Crippen LogP contribution in [0.25, 0.3) is 21.7 Å². The van der Waals surface area contributed by atoms with Crippen LogP contribution in [0, 0.1) is 20.8 Å². The fourth-order valence-electron chi connectivity index (χ4n) is 2.64. The van der Waals surface area contributed by atoms with Gasteiger partial charge in [0.05, 0.1) is 5.39 Å². The van der Waals surface area contributed by atoms with Gasteiger partial charge in [-0.25, -0.2) is 4.79 Å². The molecule has 2 aromatic carbocycles. The van der Waals surface area contributed by atoms with E-state index in [0.717, 1.165) is 0 Å². The van der Waals surface area contributed by atoms with Crippen molar-refractivity contribution in [1.29, 1.82) is 0 Å². The van der Waals surface area contributed by atoms with E-state index in [9.17, 15) is 15.0 Å². The van der Waals surface area contributed by atoms with Gasteiger partial charge in [-0.05, 0) is 50.1 Å². The molecule has 0 aliphatic rings. The van der Waals surface area contributed by atoms with Gasteiger partial charge in [0.15, 0.2) is 0 Å². The molecule has 1 aromatic heterocycles. The van der Waals surface area contributed by atoms with Crippen LogP contribution in [0.5, 0.6) is 11.5 Å². The third kappa shape index (κ3) is 1.51. The van der Waals surface area contributed by atoms with Crippen molar-refractivity contribution in [3.8, 4) is 11.5 Å². The van der Waals surface area contributed by atoms with Gasteiger partial charge in [-0.15, -0.1) is 0 Å². The Labute approximate surface area is 114 Å². The van der Waals surface area contributed by atoms with Gasteiger partial charge in [-0.2, -0.15) is 0 Å². The molecule has 20 heavy (non-hydrogen) atoms. The highest BCUT2D eigenvalue weighted by Gasteiger charge is 2.16. The molecule has 0 aliphatic carbocycles. The molecule has 0 spiro atoms. The first-order valence-electron chi connectivity index (χ1n) is 6.30. The zero-order chi connectivity index (χ0) is 14.6. The molecule has 2 N–H and O–H groups in total. The number of hydrogen-bond donors (Lipinski definition) is 2. The molecule has 0 amide bonds. The summed E-state index contributed by atoms with van der Waals surface area (Å²) in [4.78, 5) is 12.1. The van der Waals surface area contributed by atoms with Gasteiger partial charge in [0, 0.05) is 16.3 Å². The number of aromatic hydroxyl groups is 2. The Kier molecular flexibility index (Phi) is 2.51. The summed E-state index contributed by atoms with van der Waals surface area (Å²) in [6.45, 7) is 5.20. The second-order valence-electron chi connectivity index (χ2n) is 5.07. The molecular formula is C16H14O4. The zero-order valence-electron chi connectivity index (χ0n) is 11.4. The van der Waals surface area contributed by atoms with E-state index in [1.165, 1.54) is 0 Å². The van der Waals surface area contributed by atoms with E-state index in [1.54, 1.807) is 39.0 Å². The van der Waals surface area contributed by atoms with Crippen molar-refractivity contribution in [2.24, 2.45) is 0 Å². The van der Waals surface area contributed by atoms with Crippen LogP contribution in [0.2, 0.25) is 0 Å². The second kappa shape index (κ2) is 4.00. The average Bonchev–Trinajstić information content (AvgIpc) is 2.41. The molecular weight excluding hydrogens is 256 g/mol. The summed E-state index contributed by atoms with van der Waals surface area (Å²) in [7, 11) is 0. The Morgan fingerprint density at radius 1 is 1.00 bits per heavy atom. The van der Waals surface area contributed by atoms with Gasteiger partial charge < -0.3 is 14.6 Å². The van der Waals surface area contributed by atoms with Crippen LogP contribution < -0.4 is 5.63 Å². The third-order valence-electron chi connectivity index (χ3n) is 3.80. The van der Waals surface area contributed by atoms with Gasteiger partial charge in [0.2, 0.25) is 0 Å². The minimum absolute atomic E-state index is 0.0778. The van der Waals surface area contributed by atoms with E-state index in [-0.39, 0.29) is 11.5 Å². The van der Waals surface area contributed by atoms with E-state index in [0.29, 0.717) is 38.4 Å². The van der Waals surface area contributed by atoms with Crippen molar-refractivity contribution in [3.05, 3.63) is 45.3 Å². The number of hydrogen-bond acceptors (Lipinski definition) is 4. The summed E-state index contributed by atoms with van der Waals surface area (Å²) in [5.41, 5.74) is 1.68. The Morgan fingerprint density at radius 3 is 2.40 bits per heavy atom. The topological polar surface area (TPSA) is 70.7 Å². The first-order valence-corrected chi connectivity index (χ1v) is 6.30. The van der Waals surface area contributed by atoms with Crippen LogP contribution in [0.1, 0.15) is 16.7 Å². The molecule has 0 saturated heterocycles. The molecule has 0 saturated carbocycles. The van der Waals surface area contributed by atoms with Gasteiger partial charge in [0.25, 0.3) is 0 Å². The molecule has 0 atom stereocenters. The van der Waals surface area contributed by atoms with Crippen LogP contribution in [0.3, 0.4) is 0 Å². The second-order valence-corrected chi connectivity index (χ2v) is 5.07. The van der Waals surface area contributed by atoms with Crippen LogP contribution >= 0.6 is 0 Å². The molecule has 0 aliphatic heterocycles. The smallest absolute Gasteiger partial charge is 0.344 e. The highest BCUT2D eigenvalue weighted by Crippen LogP contribution is 2.35. The summed E-state index contributed by atoms with van der Waals surface area (Å²) in [6, 6.07) is 4.89. The van der Waals surface area contributed by atoms with Crippen LogP contribution in [-0.2, 0) is 0 Å². The molecule has 0 unspecified atom stereocenters. The first kappa shape index (κ1) is 12.5. The number of phenols is 2. The third-order valence-corrected chi connectivity index (χ3v) is 3.80. The Morgan fingerprint density at radius 2 is 1.70 bits per heavy atom. The minimum Gasteiger partial charge on any atom is -0.508 e. The van der Waals surface area contributed by atoms with Gasteiger partial charge in [-0.1, -0.05) is 0 Å². The number of fused-ring (bicyclic) bond motifs is 3. The van der Waals surface area contributed by atoms with Crippen LogP contribution in [0.15, 0.2) is 27.4 Å². The van der Waals surface area contributed by atoms with Crippen molar-refractivity contribution in [3.63, 3.8) is 0 Å². The molecule has 0 radical (unpaired) electrons. The van der Waals surface area contributed by atoms with E-state index < -0.39 is 5.63 Å². The normalized spacial score (nSPS) is 11.3. The average molecular weight is 270 g/mol. The molecule has 3 aromatic rings. The fourth-order valence-corrected chi connectivity index (χ4v) is 2.64. The Balaban J connectivity index is 2.70. The van der Waals surface area contributed by atoms with Gasteiger partial charge in [-0.3, -0.25) is 0 Å². The standard InChI is InChI=1S/C16H14O4/c1-7-6-11-13(9(3)14(7)18)10-4-5-12(17)8(2)15(10)20-16(11)19/h4-6,17-18H,1-3H3. The van der Waals surface area contributed by atoms with Crippen LogP contribution in [0.4, 0.5) is 0 Å². The van der Waals surface area contributed by atoms with Crippen molar-refractivity contribution < 1.29 is 14.6 Å². The van der Waals surface area contributed by atoms with Gasteiger partial charge in [0.1, 0.15) is 17.1 Å². The Hall–Kier alpha value is -2.49. The van der Waals surface area contributed by atoms with Crippen molar-refractivity contribution >= 4 is 21.7 Å². The lowest BCUT2D eigenvalue weighted by molar-refractivity contribution is 0.467. The van der Waals surface area contributed by atoms with Gasteiger partial charge >= 0.3 is 5.63 Å². The summed E-state index contributed by atoms with van der Waals surface area (Å²) in [5.74, 6) is 0.254. The van der Waals surface area contributed by atoms with E-state index in [1.807, 2.05) is 0 Å². The lowest BCUT2D eigenvalue weighted by Crippen LogP contribution is -2.02. The molecule has 1 heterocycles. The number of aryl methyl sites for hydroxylation is 3. The monoisotopic (exact) mass is 270 g/mol. The minimum atomic E-state index is -0.465. The summed E-state index contributed by atoms with van der Waals surface area (Å²) in [5, 5.41) is 21.7. The molecule has 0 fully saturated rings. The predicted molar refractivity (Wildman–Crippen MR) is 77.5 cm³/mol. The van der Waals surface area contributed by atoms with Crippen molar-refractivity contribution in [1.82, 2.24) is 0 Å². The summed E-state index contributed by atoms with van der Waals surface area (Å²) >= 11 is 0. The zero-order valence-corrected chi connectivity index (χ0v) is 11.4. The summed E-state index contributed by atoms with van der Waals surface area (Å²) in [6.07, 6.45) is 0. The SMILES string of the molecule is Cc1cc2c(=O)oc3c(C)c(O)ccc3c2c(C)c1O. The highest BCUT2D eigenvalue weighted by atomic mass is 16.4. The molecule has 4 nitrogen and oxygen atoms in total. The maximum atomic E-state index is 12.1. The quantitative estimate of drug-likeness (QED) is 0.486.